The molecule has 0 saturated heterocycles. The highest BCUT2D eigenvalue weighted by atomic mass is 16.4. The molecule has 20 heavy (non-hydrogen) atoms. The summed E-state index contributed by atoms with van der Waals surface area (Å²) in [7, 11) is 0. The minimum Gasteiger partial charge on any atom is -0.507 e. The van der Waals surface area contributed by atoms with E-state index in [1.807, 2.05) is 0 Å². The molecular weight excluding hydrogens is 260 g/mol. The predicted molar refractivity (Wildman–Crippen MR) is 68.4 cm³/mol. The van der Waals surface area contributed by atoms with Gasteiger partial charge in [-0.25, -0.2) is 4.79 Å². The number of rotatable bonds is 1. The van der Waals surface area contributed by atoms with Crippen LogP contribution in [0.5, 0.6) is 5.75 Å². The van der Waals surface area contributed by atoms with Gasteiger partial charge in [0, 0.05) is 16.7 Å². The van der Waals surface area contributed by atoms with Gasteiger partial charge in [-0.05, 0) is 12.1 Å². The van der Waals surface area contributed by atoms with E-state index in [0.29, 0.717) is 0 Å². The molecule has 0 spiro atoms. The van der Waals surface area contributed by atoms with Crippen molar-refractivity contribution in [2.24, 2.45) is 0 Å². The largest absolute Gasteiger partial charge is 0.507 e. The van der Waals surface area contributed by atoms with E-state index in [2.05, 4.69) is 0 Å². The van der Waals surface area contributed by atoms with Gasteiger partial charge in [-0.15, -0.1) is 0 Å². The fourth-order valence-corrected chi connectivity index (χ4v) is 2.40. The molecule has 3 rings (SSSR count). The van der Waals surface area contributed by atoms with E-state index in [-0.39, 0.29) is 33.6 Å². The highest BCUT2D eigenvalue weighted by Gasteiger charge is 2.34. The Bertz CT molecular complexity index is 789. The van der Waals surface area contributed by atoms with Gasteiger partial charge in [0.15, 0.2) is 11.6 Å². The Hall–Kier alpha value is -2.95. The molecule has 2 aromatic carbocycles. The molecule has 2 N–H and O–H groups in total. The van der Waals surface area contributed by atoms with Gasteiger partial charge in [0.05, 0.1) is 11.1 Å². The van der Waals surface area contributed by atoms with E-state index < -0.39 is 17.5 Å². The number of fused-ring (bicyclic) bond motifs is 2. The average molecular weight is 268 g/mol. The third-order valence-corrected chi connectivity index (χ3v) is 3.28. The molecule has 0 bridgehead atoms. The SMILES string of the molecule is O=C(O)c1cccc2c1C(=O)c1c(O)cccc1C2=O. The van der Waals surface area contributed by atoms with Crippen LogP contribution in [0.4, 0.5) is 0 Å². The number of phenols is 1. The maximum Gasteiger partial charge on any atom is 0.336 e. The van der Waals surface area contributed by atoms with Gasteiger partial charge < -0.3 is 10.2 Å². The van der Waals surface area contributed by atoms with Crippen molar-refractivity contribution < 1.29 is 24.6 Å². The van der Waals surface area contributed by atoms with Gasteiger partial charge in [-0.1, -0.05) is 24.3 Å². The van der Waals surface area contributed by atoms with E-state index in [4.69, 9.17) is 5.11 Å². The van der Waals surface area contributed by atoms with Crippen LogP contribution in [0.25, 0.3) is 0 Å². The topological polar surface area (TPSA) is 91.7 Å². The monoisotopic (exact) mass is 268 g/mol. The van der Waals surface area contributed by atoms with Crippen LogP contribution in [-0.2, 0) is 0 Å². The molecular formula is C15H8O5. The van der Waals surface area contributed by atoms with Crippen molar-refractivity contribution in [1.29, 1.82) is 0 Å². The molecule has 1 aliphatic carbocycles. The number of aromatic carboxylic acids is 1. The summed E-state index contributed by atoms with van der Waals surface area (Å²) in [6.07, 6.45) is 0. The van der Waals surface area contributed by atoms with Crippen molar-refractivity contribution in [1.82, 2.24) is 0 Å². The minimum atomic E-state index is -1.29. The fourth-order valence-electron chi connectivity index (χ4n) is 2.40. The quantitative estimate of drug-likeness (QED) is 0.702. The maximum atomic E-state index is 12.4. The van der Waals surface area contributed by atoms with Gasteiger partial charge in [0.1, 0.15) is 5.75 Å². The number of hydrogen-bond acceptors (Lipinski definition) is 4. The van der Waals surface area contributed by atoms with Crippen molar-refractivity contribution in [3.63, 3.8) is 0 Å². The van der Waals surface area contributed by atoms with Crippen LogP contribution in [0.3, 0.4) is 0 Å². The van der Waals surface area contributed by atoms with E-state index in [9.17, 15) is 19.5 Å². The van der Waals surface area contributed by atoms with Gasteiger partial charge >= 0.3 is 5.97 Å². The summed E-state index contributed by atoms with van der Waals surface area (Å²) >= 11 is 0. The standard InChI is InChI=1S/C15H8O5/c16-10-6-2-4-8-12(10)14(18)11-7(13(8)17)3-1-5-9(11)15(19)20/h1-6,16H,(H,19,20). The molecule has 0 radical (unpaired) electrons. The summed E-state index contributed by atoms with van der Waals surface area (Å²) in [4.78, 5) is 35.9. The number of carboxylic acid groups (broad SMARTS) is 1. The Morgan fingerprint density at radius 2 is 1.45 bits per heavy atom. The van der Waals surface area contributed by atoms with Crippen LogP contribution >= 0.6 is 0 Å². The van der Waals surface area contributed by atoms with Crippen LogP contribution in [0.1, 0.15) is 42.2 Å². The molecule has 0 atom stereocenters. The summed E-state index contributed by atoms with van der Waals surface area (Å²) in [6, 6.07) is 8.28. The smallest absolute Gasteiger partial charge is 0.336 e. The Morgan fingerprint density at radius 1 is 0.850 bits per heavy atom. The Balaban J connectivity index is 2.39. The lowest BCUT2D eigenvalue weighted by Gasteiger charge is -2.19. The fraction of sp³-hybridized carbons (Fsp3) is 0. The number of aromatic hydroxyl groups is 1. The molecule has 2 aromatic rings. The van der Waals surface area contributed by atoms with Crippen molar-refractivity contribution in [3.05, 3.63) is 64.2 Å². The molecule has 5 heteroatoms. The Morgan fingerprint density at radius 3 is 2.10 bits per heavy atom. The average Bonchev–Trinajstić information content (AvgIpc) is 2.43. The molecule has 0 saturated carbocycles. The molecule has 1 aliphatic rings. The number of hydrogen-bond donors (Lipinski definition) is 2. The van der Waals surface area contributed by atoms with Gasteiger partial charge in [-0.3, -0.25) is 9.59 Å². The number of carbonyl (C=O) groups is 3. The minimum absolute atomic E-state index is 0.0491. The van der Waals surface area contributed by atoms with E-state index >= 15 is 0 Å². The molecule has 0 aromatic heterocycles. The van der Waals surface area contributed by atoms with Gasteiger partial charge in [0.25, 0.3) is 0 Å². The van der Waals surface area contributed by atoms with E-state index in [1.165, 1.54) is 36.4 Å². The summed E-state index contributed by atoms with van der Waals surface area (Å²) in [5.41, 5.74) is -0.412. The molecule has 0 amide bonds. The molecule has 98 valence electrons. The van der Waals surface area contributed by atoms with E-state index in [1.54, 1.807) is 0 Å². The number of benzene rings is 2. The normalized spacial score (nSPS) is 12.8. The zero-order valence-corrected chi connectivity index (χ0v) is 10.1. The van der Waals surface area contributed by atoms with E-state index in [0.717, 1.165) is 0 Å². The number of carboxylic acids is 1. The summed E-state index contributed by atoms with van der Waals surface area (Å²) < 4.78 is 0. The van der Waals surface area contributed by atoms with Crippen LogP contribution in [0.15, 0.2) is 36.4 Å². The molecule has 5 nitrogen and oxygen atoms in total. The Kier molecular flexibility index (Phi) is 2.44. The van der Waals surface area contributed by atoms with Crippen LogP contribution in [-0.4, -0.2) is 27.7 Å². The summed E-state index contributed by atoms with van der Waals surface area (Å²) in [5, 5.41) is 18.9. The first kappa shape index (κ1) is 12.1. The highest BCUT2D eigenvalue weighted by molar-refractivity contribution is 6.31. The zero-order valence-electron chi connectivity index (χ0n) is 10.1. The maximum absolute atomic E-state index is 12.4. The molecule has 0 heterocycles. The highest BCUT2D eigenvalue weighted by Crippen LogP contribution is 2.33. The molecule has 0 fully saturated rings. The lowest BCUT2D eigenvalue weighted by molar-refractivity contribution is 0.0692. The van der Waals surface area contributed by atoms with Crippen molar-refractivity contribution in [2.75, 3.05) is 0 Å². The third-order valence-electron chi connectivity index (χ3n) is 3.28. The second-order valence-electron chi connectivity index (χ2n) is 4.39. The van der Waals surface area contributed by atoms with Crippen molar-refractivity contribution >= 4 is 17.5 Å². The van der Waals surface area contributed by atoms with Crippen LogP contribution in [0, 0.1) is 0 Å². The summed E-state index contributed by atoms with van der Waals surface area (Å²) in [6.45, 7) is 0. The first-order valence-corrected chi connectivity index (χ1v) is 5.80. The van der Waals surface area contributed by atoms with Crippen LogP contribution < -0.4 is 0 Å². The number of ketones is 2. The Labute approximate surface area is 113 Å². The third kappa shape index (κ3) is 1.46. The molecule has 0 unspecified atom stereocenters. The second kappa shape index (κ2) is 4.03. The first-order chi connectivity index (χ1) is 9.52. The number of phenolic OH excluding ortho intramolecular Hbond substituents is 1. The first-order valence-electron chi connectivity index (χ1n) is 5.80. The molecule has 0 aliphatic heterocycles. The van der Waals surface area contributed by atoms with Crippen molar-refractivity contribution in [3.8, 4) is 5.75 Å². The van der Waals surface area contributed by atoms with Crippen molar-refractivity contribution in [2.45, 2.75) is 0 Å². The number of carbonyl (C=O) groups excluding carboxylic acids is 2. The summed E-state index contributed by atoms with van der Waals surface area (Å²) in [5.74, 6) is -2.73. The second-order valence-corrected chi connectivity index (χ2v) is 4.39. The lowest BCUT2D eigenvalue weighted by Crippen LogP contribution is -2.23. The van der Waals surface area contributed by atoms with Gasteiger partial charge in [-0.2, -0.15) is 0 Å². The van der Waals surface area contributed by atoms with Crippen LogP contribution in [0.2, 0.25) is 0 Å². The lowest BCUT2D eigenvalue weighted by atomic mass is 9.81. The zero-order chi connectivity index (χ0) is 14.4. The predicted octanol–water partition coefficient (Wildman–Crippen LogP) is 1.87. The van der Waals surface area contributed by atoms with Gasteiger partial charge in [0.2, 0.25) is 0 Å².